The first kappa shape index (κ1) is 16.6. The SMILES string of the molecule is Cc1ccc(CNCc2ccccc2OCCC(C)C)cc1. The maximum absolute atomic E-state index is 5.93. The van der Waals surface area contributed by atoms with Gasteiger partial charge in [-0.15, -0.1) is 0 Å². The number of hydrogen-bond donors (Lipinski definition) is 1. The molecule has 0 aromatic heterocycles. The summed E-state index contributed by atoms with van der Waals surface area (Å²) in [5.41, 5.74) is 3.83. The molecule has 0 spiro atoms. The monoisotopic (exact) mass is 297 g/mol. The van der Waals surface area contributed by atoms with E-state index in [0.717, 1.165) is 31.9 Å². The Morgan fingerprint density at radius 1 is 0.955 bits per heavy atom. The predicted octanol–water partition coefficient (Wildman–Crippen LogP) is 4.71. The number of rotatable bonds is 8. The van der Waals surface area contributed by atoms with Gasteiger partial charge in [0.25, 0.3) is 0 Å². The van der Waals surface area contributed by atoms with Gasteiger partial charge in [0.1, 0.15) is 5.75 Å². The van der Waals surface area contributed by atoms with Gasteiger partial charge in [0.15, 0.2) is 0 Å². The summed E-state index contributed by atoms with van der Waals surface area (Å²) in [5.74, 6) is 1.67. The molecule has 0 saturated heterocycles. The van der Waals surface area contributed by atoms with Crippen LogP contribution in [0.1, 0.15) is 37.0 Å². The van der Waals surface area contributed by atoms with Crippen LogP contribution in [0.15, 0.2) is 48.5 Å². The summed E-state index contributed by atoms with van der Waals surface area (Å²) in [5, 5.41) is 3.50. The van der Waals surface area contributed by atoms with Crippen molar-refractivity contribution in [2.24, 2.45) is 5.92 Å². The van der Waals surface area contributed by atoms with Gasteiger partial charge in [0.2, 0.25) is 0 Å². The van der Waals surface area contributed by atoms with Gasteiger partial charge in [-0.05, 0) is 30.9 Å². The maximum atomic E-state index is 5.93. The van der Waals surface area contributed by atoms with Gasteiger partial charge >= 0.3 is 0 Å². The number of hydrogen-bond acceptors (Lipinski definition) is 2. The van der Waals surface area contributed by atoms with Crippen LogP contribution < -0.4 is 10.1 Å². The highest BCUT2D eigenvalue weighted by Gasteiger charge is 2.03. The molecule has 1 N–H and O–H groups in total. The molecule has 2 heteroatoms. The van der Waals surface area contributed by atoms with Crippen LogP contribution in [-0.2, 0) is 13.1 Å². The molecule has 2 aromatic rings. The minimum absolute atomic E-state index is 0.673. The fraction of sp³-hybridized carbons (Fsp3) is 0.400. The number of ether oxygens (including phenoxy) is 1. The molecular formula is C20H27NO. The summed E-state index contributed by atoms with van der Waals surface area (Å²) in [6, 6.07) is 16.9. The molecule has 2 aromatic carbocycles. The molecule has 22 heavy (non-hydrogen) atoms. The normalized spacial score (nSPS) is 10.9. The summed E-state index contributed by atoms with van der Waals surface area (Å²) in [7, 11) is 0. The Morgan fingerprint density at radius 2 is 1.68 bits per heavy atom. The zero-order chi connectivity index (χ0) is 15.8. The molecule has 0 atom stereocenters. The van der Waals surface area contributed by atoms with Crippen molar-refractivity contribution in [3.05, 3.63) is 65.2 Å². The Labute approximate surface area is 134 Å². The van der Waals surface area contributed by atoms with Crippen molar-refractivity contribution in [1.29, 1.82) is 0 Å². The topological polar surface area (TPSA) is 21.3 Å². The third-order valence-corrected chi connectivity index (χ3v) is 3.69. The van der Waals surface area contributed by atoms with Crippen molar-refractivity contribution in [3.63, 3.8) is 0 Å². The molecule has 0 saturated carbocycles. The smallest absolute Gasteiger partial charge is 0.123 e. The van der Waals surface area contributed by atoms with Gasteiger partial charge < -0.3 is 10.1 Å². The van der Waals surface area contributed by atoms with Crippen LogP contribution in [0.4, 0.5) is 0 Å². The summed E-state index contributed by atoms with van der Waals surface area (Å²) >= 11 is 0. The van der Waals surface area contributed by atoms with Crippen LogP contribution in [0.25, 0.3) is 0 Å². The van der Waals surface area contributed by atoms with Crippen LogP contribution in [0.3, 0.4) is 0 Å². The van der Waals surface area contributed by atoms with Gasteiger partial charge in [-0.1, -0.05) is 61.9 Å². The first-order chi connectivity index (χ1) is 10.6. The lowest BCUT2D eigenvalue weighted by Gasteiger charge is -2.13. The lowest BCUT2D eigenvalue weighted by atomic mass is 10.1. The van der Waals surface area contributed by atoms with E-state index in [1.54, 1.807) is 0 Å². The van der Waals surface area contributed by atoms with Crippen LogP contribution in [0.5, 0.6) is 5.75 Å². The molecule has 0 fully saturated rings. The molecule has 0 radical (unpaired) electrons. The first-order valence-electron chi connectivity index (χ1n) is 8.12. The molecule has 118 valence electrons. The molecule has 2 rings (SSSR count). The molecular weight excluding hydrogens is 270 g/mol. The van der Waals surface area contributed by atoms with E-state index in [9.17, 15) is 0 Å². The largest absolute Gasteiger partial charge is 0.493 e. The quantitative estimate of drug-likeness (QED) is 0.762. The van der Waals surface area contributed by atoms with Crippen molar-refractivity contribution in [2.45, 2.75) is 40.3 Å². The standard InChI is InChI=1S/C20H27NO/c1-16(2)12-13-22-20-7-5-4-6-19(20)15-21-14-18-10-8-17(3)9-11-18/h4-11,16,21H,12-15H2,1-3H3. The van der Waals surface area contributed by atoms with E-state index in [4.69, 9.17) is 4.74 Å². The van der Waals surface area contributed by atoms with E-state index in [0.29, 0.717) is 5.92 Å². The molecule has 0 aliphatic carbocycles. The van der Waals surface area contributed by atoms with E-state index in [-0.39, 0.29) is 0 Å². The maximum Gasteiger partial charge on any atom is 0.123 e. The zero-order valence-electron chi connectivity index (χ0n) is 13.9. The average molecular weight is 297 g/mol. The van der Waals surface area contributed by atoms with E-state index < -0.39 is 0 Å². The average Bonchev–Trinajstić information content (AvgIpc) is 2.50. The fourth-order valence-corrected chi connectivity index (χ4v) is 2.24. The molecule has 0 heterocycles. The van der Waals surface area contributed by atoms with Crippen molar-refractivity contribution < 1.29 is 4.74 Å². The second-order valence-electron chi connectivity index (χ2n) is 6.23. The molecule has 2 nitrogen and oxygen atoms in total. The summed E-state index contributed by atoms with van der Waals surface area (Å²) in [6.07, 6.45) is 1.09. The lowest BCUT2D eigenvalue weighted by Crippen LogP contribution is -2.14. The van der Waals surface area contributed by atoms with Gasteiger partial charge in [0.05, 0.1) is 6.61 Å². The highest BCUT2D eigenvalue weighted by atomic mass is 16.5. The van der Waals surface area contributed by atoms with Crippen molar-refractivity contribution in [1.82, 2.24) is 5.32 Å². The minimum Gasteiger partial charge on any atom is -0.493 e. The Morgan fingerprint density at radius 3 is 2.41 bits per heavy atom. The third kappa shape index (κ3) is 5.53. The molecule has 0 bridgehead atoms. The van der Waals surface area contributed by atoms with Crippen LogP contribution in [0.2, 0.25) is 0 Å². The van der Waals surface area contributed by atoms with Crippen LogP contribution >= 0.6 is 0 Å². The predicted molar refractivity (Wildman–Crippen MR) is 93.1 cm³/mol. The number of aryl methyl sites for hydroxylation is 1. The van der Waals surface area contributed by atoms with E-state index >= 15 is 0 Å². The van der Waals surface area contributed by atoms with E-state index in [1.165, 1.54) is 16.7 Å². The molecule has 0 unspecified atom stereocenters. The minimum atomic E-state index is 0.673. The molecule has 0 aliphatic heterocycles. The zero-order valence-corrected chi connectivity index (χ0v) is 13.9. The van der Waals surface area contributed by atoms with Crippen molar-refractivity contribution in [3.8, 4) is 5.75 Å². The third-order valence-electron chi connectivity index (χ3n) is 3.69. The summed E-state index contributed by atoms with van der Waals surface area (Å²) < 4.78 is 5.93. The van der Waals surface area contributed by atoms with Crippen molar-refractivity contribution >= 4 is 0 Å². The highest BCUT2D eigenvalue weighted by molar-refractivity contribution is 5.33. The Kier molecular flexibility index (Phi) is 6.47. The fourth-order valence-electron chi connectivity index (χ4n) is 2.24. The van der Waals surface area contributed by atoms with Gasteiger partial charge in [0, 0.05) is 18.7 Å². The summed E-state index contributed by atoms with van der Waals surface area (Å²) in [4.78, 5) is 0. The number of benzene rings is 2. The Hall–Kier alpha value is -1.80. The molecule has 0 amide bonds. The van der Waals surface area contributed by atoms with Gasteiger partial charge in [-0.2, -0.15) is 0 Å². The first-order valence-corrected chi connectivity index (χ1v) is 8.12. The highest BCUT2D eigenvalue weighted by Crippen LogP contribution is 2.18. The van der Waals surface area contributed by atoms with Crippen LogP contribution in [-0.4, -0.2) is 6.61 Å². The van der Waals surface area contributed by atoms with Gasteiger partial charge in [-0.3, -0.25) is 0 Å². The second-order valence-corrected chi connectivity index (χ2v) is 6.23. The van der Waals surface area contributed by atoms with Gasteiger partial charge in [-0.25, -0.2) is 0 Å². The number of nitrogens with one attached hydrogen (secondary N) is 1. The number of para-hydroxylation sites is 1. The van der Waals surface area contributed by atoms with Crippen LogP contribution in [0, 0.1) is 12.8 Å². The Balaban J connectivity index is 1.85. The Bertz CT molecular complexity index is 560. The summed E-state index contributed by atoms with van der Waals surface area (Å²) in [6.45, 7) is 9.04. The van der Waals surface area contributed by atoms with Crippen molar-refractivity contribution in [2.75, 3.05) is 6.61 Å². The lowest BCUT2D eigenvalue weighted by molar-refractivity contribution is 0.286. The van der Waals surface area contributed by atoms with E-state index in [1.807, 2.05) is 6.07 Å². The van der Waals surface area contributed by atoms with E-state index in [2.05, 4.69) is 68.6 Å². The molecule has 0 aliphatic rings. The second kappa shape index (κ2) is 8.60.